The topological polar surface area (TPSA) is 62.3 Å². The summed E-state index contributed by atoms with van der Waals surface area (Å²) in [5, 5.41) is 3.01. The number of aromatic nitrogens is 1. The van der Waals surface area contributed by atoms with Crippen LogP contribution in [0.15, 0.2) is 42.6 Å². The van der Waals surface area contributed by atoms with Crippen LogP contribution in [-0.2, 0) is 4.79 Å². The van der Waals surface area contributed by atoms with Crippen LogP contribution >= 0.6 is 0 Å². The van der Waals surface area contributed by atoms with E-state index in [-0.39, 0.29) is 17.9 Å². The van der Waals surface area contributed by atoms with Gasteiger partial charge >= 0.3 is 0 Å². The van der Waals surface area contributed by atoms with E-state index in [9.17, 15) is 14.0 Å². The summed E-state index contributed by atoms with van der Waals surface area (Å²) in [6.45, 7) is 2.60. The first-order chi connectivity index (χ1) is 13.5. The Morgan fingerprint density at radius 2 is 2.14 bits per heavy atom. The number of pyridine rings is 1. The number of carbonyl (C=O) groups is 2. The third kappa shape index (κ3) is 3.51. The van der Waals surface area contributed by atoms with Gasteiger partial charge in [-0.1, -0.05) is 12.5 Å². The van der Waals surface area contributed by atoms with Gasteiger partial charge in [0.1, 0.15) is 5.82 Å². The summed E-state index contributed by atoms with van der Waals surface area (Å²) in [7, 11) is 0. The minimum absolute atomic E-state index is 0.0763. The first kappa shape index (κ1) is 18.6. The van der Waals surface area contributed by atoms with E-state index < -0.39 is 11.2 Å². The van der Waals surface area contributed by atoms with Crippen LogP contribution in [0.5, 0.6) is 0 Å². The number of nitrogens with zero attached hydrogens (tertiary/aromatic N) is 2. The monoisotopic (exact) mass is 381 g/mol. The van der Waals surface area contributed by atoms with Gasteiger partial charge in [0.2, 0.25) is 5.91 Å². The van der Waals surface area contributed by atoms with Crippen molar-refractivity contribution in [2.24, 2.45) is 5.41 Å². The lowest BCUT2D eigenvalue weighted by Crippen LogP contribution is -2.46. The van der Waals surface area contributed by atoms with Crippen LogP contribution in [0.2, 0.25) is 0 Å². The van der Waals surface area contributed by atoms with Crippen molar-refractivity contribution in [3.05, 3.63) is 59.7 Å². The molecule has 4 rings (SSSR count). The molecule has 1 aromatic carbocycles. The average Bonchev–Trinajstić information content (AvgIpc) is 2.97. The molecule has 146 valence electrons. The van der Waals surface area contributed by atoms with Crippen LogP contribution in [0, 0.1) is 18.2 Å². The Hall–Kier alpha value is -2.76. The van der Waals surface area contributed by atoms with Gasteiger partial charge in [-0.2, -0.15) is 0 Å². The van der Waals surface area contributed by atoms with E-state index in [4.69, 9.17) is 0 Å². The molecule has 1 spiro atoms. The highest BCUT2D eigenvalue weighted by atomic mass is 19.1. The highest BCUT2D eigenvalue weighted by Gasteiger charge is 2.49. The van der Waals surface area contributed by atoms with Gasteiger partial charge in [0.15, 0.2) is 0 Å². The molecule has 5 nitrogen and oxygen atoms in total. The number of hydrogen-bond acceptors (Lipinski definition) is 3. The maximum absolute atomic E-state index is 13.4. The lowest BCUT2D eigenvalue weighted by molar-refractivity contribution is -0.127. The van der Waals surface area contributed by atoms with Gasteiger partial charge in [0.25, 0.3) is 5.91 Å². The van der Waals surface area contributed by atoms with E-state index >= 15 is 0 Å². The van der Waals surface area contributed by atoms with Crippen molar-refractivity contribution in [3.63, 3.8) is 0 Å². The molecule has 1 aliphatic carbocycles. The molecule has 6 heteroatoms. The van der Waals surface area contributed by atoms with Gasteiger partial charge in [-0.25, -0.2) is 4.39 Å². The van der Waals surface area contributed by atoms with Gasteiger partial charge in [-0.05, 0) is 62.9 Å². The van der Waals surface area contributed by atoms with Crippen LogP contribution in [-0.4, -0.2) is 29.4 Å². The van der Waals surface area contributed by atoms with Crippen molar-refractivity contribution in [2.45, 2.75) is 45.1 Å². The van der Waals surface area contributed by atoms with Crippen molar-refractivity contribution < 1.29 is 14.0 Å². The molecule has 0 bridgehead atoms. The summed E-state index contributed by atoms with van der Waals surface area (Å²) in [6, 6.07) is 9.42. The molecular formula is C22H24FN3O2. The standard InChI is InChI=1S/C22H24FN3O2/c1-15-12-19(7-10-24-15)26-11-9-22(21(26)28)8-3-6-18(14-22)25-20(27)16-4-2-5-17(23)13-16/h2,4-5,7,10,12-13,18H,3,6,8-9,11,14H2,1H3,(H,25,27)/t18-,22-/m0/s1. The Balaban J connectivity index is 1.47. The fraction of sp³-hybridized carbons (Fsp3) is 0.409. The van der Waals surface area contributed by atoms with Crippen molar-refractivity contribution in [1.82, 2.24) is 10.3 Å². The number of aryl methyl sites for hydroxylation is 1. The summed E-state index contributed by atoms with van der Waals surface area (Å²) in [5.41, 5.74) is 1.66. The number of anilines is 1. The molecule has 1 N–H and O–H groups in total. The molecule has 1 aliphatic heterocycles. The van der Waals surface area contributed by atoms with Crippen molar-refractivity contribution in [3.8, 4) is 0 Å². The van der Waals surface area contributed by atoms with Crippen molar-refractivity contribution in [2.75, 3.05) is 11.4 Å². The molecule has 1 aromatic heterocycles. The Bertz CT molecular complexity index is 916. The molecule has 1 saturated heterocycles. The fourth-order valence-electron chi connectivity index (χ4n) is 4.57. The first-order valence-electron chi connectivity index (χ1n) is 9.78. The molecule has 0 radical (unpaired) electrons. The maximum Gasteiger partial charge on any atom is 0.251 e. The molecule has 28 heavy (non-hydrogen) atoms. The van der Waals surface area contributed by atoms with E-state index in [1.807, 2.05) is 24.0 Å². The molecule has 2 aromatic rings. The zero-order valence-corrected chi connectivity index (χ0v) is 16.0. The summed E-state index contributed by atoms with van der Waals surface area (Å²) in [5.74, 6) is -0.571. The SMILES string of the molecule is Cc1cc(N2CC[C@]3(CCC[C@H](NC(=O)c4cccc(F)c4)C3)C2=O)ccn1. The molecule has 1 saturated carbocycles. The molecule has 2 heterocycles. The molecular weight excluding hydrogens is 357 g/mol. The van der Waals surface area contributed by atoms with Crippen molar-refractivity contribution in [1.29, 1.82) is 0 Å². The second kappa shape index (κ2) is 7.34. The number of nitrogens with one attached hydrogen (secondary N) is 1. The lowest BCUT2D eigenvalue weighted by Gasteiger charge is -2.37. The van der Waals surface area contributed by atoms with Crippen LogP contribution in [0.25, 0.3) is 0 Å². The second-order valence-corrected chi connectivity index (χ2v) is 7.92. The van der Waals surface area contributed by atoms with Gasteiger partial charge < -0.3 is 10.2 Å². The number of halogens is 1. The van der Waals surface area contributed by atoms with E-state index in [0.29, 0.717) is 18.5 Å². The Morgan fingerprint density at radius 1 is 1.29 bits per heavy atom. The Kier molecular flexibility index (Phi) is 4.87. The summed E-state index contributed by atoms with van der Waals surface area (Å²) in [6.07, 6.45) is 5.73. The molecule has 2 aliphatic rings. The first-order valence-corrected chi connectivity index (χ1v) is 9.78. The van der Waals surface area contributed by atoms with Crippen molar-refractivity contribution >= 4 is 17.5 Å². The van der Waals surface area contributed by atoms with E-state index in [1.54, 1.807) is 12.3 Å². The van der Waals surface area contributed by atoms with Crippen LogP contribution < -0.4 is 10.2 Å². The molecule has 2 amide bonds. The highest BCUT2D eigenvalue weighted by molar-refractivity contribution is 6.00. The van der Waals surface area contributed by atoms with Gasteiger partial charge in [-0.15, -0.1) is 0 Å². The molecule has 2 fully saturated rings. The summed E-state index contributed by atoms with van der Waals surface area (Å²) < 4.78 is 13.4. The van der Waals surface area contributed by atoms with Crippen LogP contribution in [0.1, 0.15) is 48.2 Å². The number of carbonyl (C=O) groups excluding carboxylic acids is 2. The van der Waals surface area contributed by atoms with Gasteiger partial charge in [0.05, 0.1) is 5.41 Å². The Morgan fingerprint density at radius 3 is 2.93 bits per heavy atom. The van der Waals surface area contributed by atoms with E-state index in [0.717, 1.165) is 37.1 Å². The minimum Gasteiger partial charge on any atom is -0.349 e. The zero-order valence-electron chi connectivity index (χ0n) is 16.0. The predicted molar refractivity (Wildman–Crippen MR) is 104 cm³/mol. The third-order valence-corrected chi connectivity index (χ3v) is 5.97. The predicted octanol–water partition coefficient (Wildman–Crippen LogP) is 3.62. The molecule has 2 atom stereocenters. The summed E-state index contributed by atoms with van der Waals surface area (Å²) in [4.78, 5) is 31.8. The molecule has 0 unspecified atom stereocenters. The van der Waals surface area contributed by atoms with Crippen LogP contribution in [0.3, 0.4) is 0 Å². The maximum atomic E-state index is 13.4. The van der Waals surface area contributed by atoms with Gasteiger partial charge in [-0.3, -0.25) is 14.6 Å². The average molecular weight is 381 g/mol. The largest absolute Gasteiger partial charge is 0.349 e. The number of benzene rings is 1. The normalized spacial score (nSPS) is 24.6. The van der Waals surface area contributed by atoms with E-state index in [2.05, 4.69) is 10.3 Å². The quantitative estimate of drug-likeness (QED) is 0.883. The summed E-state index contributed by atoms with van der Waals surface area (Å²) >= 11 is 0. The number of amides is 2. The lowest BCUT2D eigenvalue weighted by atomic mass is 9.71. The van der Waals surface area contributed by atoms with Gasteiger partial charge in [0, 0.05) is 35.7 Å². The Labute approximate surface area is 164 Å². The highest BCUT2D eigenvalue weighted by Crippen LogP contribution is 2.46. The minimum atomic E-state index is -0.429. The fourth-order valence-corrected chi connectivity index (χ4v) is 4.57. The van der Waals surface area contributed by atoms with E-state index in [1.165, 1.54) is 18.2 Å². The second-order valence-electron chi connectivity index (χ2n) is 7.92. The zero-order chi connectivity index (χ0) is 19.7. The number of rotatable bonds is 3. The van der Waals surface area contributed by atoms with Crippen LogP contribution in [0.4, 0.5) is 10.1 Å². The smallest absolute Gasteiger partial charge is 0.251 e. The number of hydrogen-bond donors (Lipinski definition) is 1. The third-order valence-electron chi connectivity index (χ3n) is 5.97.